The lowest BCUT2D eigenvalue weighted by molar-refractivity contribution is -0.268. The molecule has 0 amide bonds. The zero-order chi connectivity index (χ0) is 50.2. The SMILES string of the molecule is CNC[C@H]1CC[C@@](O)(c2cccc(Cc3c(O)c4c5c(c3O[C@H]3O[C@@H](C)[C@@H](O)[C@@H](O)[C@H]3O)CC#C[C@H](N)CC[C@@H](O)Cc3cccc(c3)/C=C/c3c(OC(C)=O)cc(CO)c(c3C5=O)C4=O)c2C=O)C1. The van der Waals surface area contributed by atoms with Gasteiger partial charge in [-0.3, -0.25) is 19.2 Å². The molecule has 8 rings (SSSR count). The third kappa shape index (κ3) is 9.69. The Labute approximate surface area is 404 Å². The van der Waals surface area contributed by atoms with Crippen LogP contribution in [0.4, 0.5) is 0 Å². The number of hydrogen-bond donors (Lipinski definition) is 9. The van der Waals surface area contributed by atoms with Crippen molar-refractivity contribution in [2.45, 2.75) is 120 Å². The molecule has 1 heterocycles. The maximum absolute atomic E-state index is 15.7. The predicted molar refractivity (Wildman–Crippen MR) is 255 cm³/mol. The van der Waals surface area contributed by atoms with Gasteiger partial charge in [-0.2, -0.15) is 0 Å². The lowest BCUT2D eigenvalue weighted by Crippen LogP contribution is -2.58. The van der Waals surface area contributed by atoms with Crippen molar-refractivity contribution in [2.75, 3.05) is 13.6 Å². The number of esters is 1. The van der Waals surface area contributed by atoms with Crippen LogP contribution >= 0.6 is 0 Å². The molecule has 4 aromatic rings. The number of aliphatic hydroxyl groups excluding tert-OH is 5. The third-order valence-electron chi connectivity index (χ3n) is 13.9. The molecule has 4 aromatic carbocycles. The molecule has 70 heavy (non-hydrogen) atoms. The Kier molecular flexibility index (Phi) is 14.9. The first-order valence-corrected chi connectivity index (χ1v) is 23.5. The number of aliphatic hydroxyl groups is 6. The number of aldehydes is 1. The minimum absolute atomic E-state index is 0.0192. The number of benzene rings is 4. The van der Waals surface area contributed by atoms with Gasteiger partial charge in [-0.05, 0) is 105 Å². The number of nitrogens with one attached hydrogen (secondary N) is 1. The summed E-state index contributed by atoms with van der Waals surface area (Å²) in [5, 5.41) is 82.8. The van der Waals surface area contributed by atoms with Gasteiger partial charge in [0.05, 0.1) is 36.0 Å². The minimum atomic E-state index is -1.91. The Morgan fingerprint density at radius 1 is 0.957 bits per heavy atom. The number of carbonyl (C=O) groups excluding carboxylic acids is 4. The van der Waals surface area contributed by atoms with Gasteiger partial charge in [0.2, 0.25) is 6.29 Å². The van der Waals surface area contributed by atoms with Gasteiger partial charge >= 0.3 is 5.97 Å². The average Bonchev–Trinajstić information content (AvgIpc) is 3.72. The number of carbonyl (C=O) groups is 4. The lowest BCUT2D eigenvalue weighted by Gasteiger charge is -2.39. The van der Waals surface area contributed by atoms with Crippen LogP contribution in [0.25, 0.3) is 12.2 Å². The highest BCUT2D eigenvalue weighted by atomic mass is 16.7. The summed E-state index contributed by atoms with van der Waals surface area (Å²) in [7, 11) is 1.82. The van der Waals surface area contributed by atoms with Crippen LogP contribution in [0.5, 0.6) is 17.2 Å². The van der Waals surface area contributed by atoms with E-state index in [9.17, 15) is 45.3 Å². The molecule has 0 radical (unpaired) electrons. The molecule has 9 atom stereocenters. The van der Waals surface area contributed by atoms with E-state index in [0.29, 0.717) is 43.2 Å². The zero-order valence-corrected chi connectivity index (χ0v) is 39.1. The van der Waals surface area contributed by atoms with Crippen LogP contribution in [0.1, 0.15) is 133 Å². The van der Waals surface area contributed by atoms with E-state index in [0.717, 1.165) is 12.5 Å². The van der Waals surface area contributed by atoms with Gasteiger partial charge in [-0.15, -0.1) is 0 Å². The van der Waals surface area contributed by atoms with Crippen LogP contribution in [-0.4, -0.2) is 116 Å². The van der Waals surface area contributed by atoms with E-state index in [1.165, 1.54) is 19.1 Å². The molecule has 16 heteroatoms. The smallest absolute Gasteiger partial charge is 0.308 e. The third-order valence-corrected chi connectivity index (χ3v) is 13.9. The van der Waals surface area contributed by atoms with Crippen LogP contribution < -0.4 is 20.5 Å². The predicted octanol–water partition coefficient (Wildman–Crippen LogP) is 3.14. The maximum atomic E-state index is 15.7. The second-order valence-corrected chi connectivity index (χ2v) is 18.8. The summed E-state index contributed by atoms with van der Waals surface area (Å²) < 4.78 is 18.1. The van der Waals surface area contributed by atoms with Crippen molar-refractivity contribution < 1.29 is 69.1 Å². The standard InChI is InChI=1S/C54H58N2O14/c1-27-46(61)50(65)51(66)53(68-27)70-52-37-11-6-10-34(55)14-15-35(60)20-30-8-4-7-29(19-30)13-16-36-41(69-28(2)59)22-33(25-57)42-43(36)49(64)44(37)45(48(42)63)47(62)38(52)21-32-9-5-12-40(39(32)26-58)54(67)18-17-31(23-54)24-56-3/h4-5,7-9,12-13,16,19,22,26-27,31,34-35,46,50-51,53,56-57,60-62,65-67H,11,14-15,17-18,20-21,23-25,55H2,1-3H3/b16-13+/t27-,31-,34-,35+,46+,50+,51+,53+,54-/m0/s1. The van der Waals surface area contributed by atoms with Gasteiger partial charge in [0.1, 0.15) is 35.6 Å². The molecule has 1 saturated carbocycles. The van der Waals surface area contributed by atoms with Crippen molar-refractivity contribution in [3.63, 3.8) is 0 Å². The summed E-state index contributed by atoms with van der Waals surface area (Å²) in [4.78, 5) is 56.9. The van der Waals surface area contributed by atoms with Gasteiger partial charge in [0, 0.05) is 58.7 Å². The van der Waals surface area contributed by atoms with E-state index in [-0.39, 0.29) is 87.6 Å². The Hall–Kier alpha value is -6.10. The van der Waals surface area contributed by atoms with Crippen molar-refractivity contribution in [1.82, 2.24) is 5.32 Å². The number of hydrogen-bond acceptors (Lipinski definition) is 16. The van der Waals surface area contributed by atoms with E-state index < -0.39 is 95.9 Å². The summed E-state index contributed by atoms with van der Waals surface area (Å²) >= 11 is 0. The number of fused-ring (bicyclic) bond motifs is 2. The highest BCUT2D eigenvalue weighted by molar-refractivity contribution is 6.32. The topological polar surface area (TPSA) is 276 Å². The number of ketones is 2. The highest BCUT2D eigenvalue weighted by Crippen LogP contribution is 2.49. The number of phenols is 1. The molecule has 16 nitrogen and oxygen atoms in total. The molecule has 0 spiro atoms. The van der Waals surface area contributed by atoms with Crippen molar-refractivity contribution in [1.29, 1.82) is 0 Å². The molecule has 4 bridgehead atoms. The maximum Gasteiger partial charge on any atom is 0.308 e. The van der Waals surface area contributed by atoms with E-state index in [2.05, 4.69) is 17.2 Å². The Balaban J connectivity index is 1.42. The summed E-state index contributed by atoms with van der Waals surface area (Å²) in [5.74, 6) is 2.29. The van der Waals surface area contributed by atoms with Gasteiger partial charge in [0.15, 0.2) is 17.9 Å². The molecule has 2 fully saturated rings. The molecular formula is C54H58N2O14. The quantitative estimate of drug-likeness (QED) is 0.0421. The number of ether oxygens (including phenoxy) is 3. The van der Waals surface area contributed by atoms with Crippen molar-refractivity contribution in [3.05, 3.63) is 121 Å². The largest absolute Gasteiger partial charge is 0.507 e. The monoisotopic (exact) mass is 958 g/mol. The minimum Gasteiger partial charge on any atom is -0.507 e. The summed E-state index contributed by atoms with van der Waals surface area (Å²) in [6, 6.07) is 12.6. The average molecular weight is 959 g/mol. The fourth-order valence-electron chi connectivity index (χ4n) is 10.4. The fraction of sp³-hybridized carbons (Fsp3) is 0.407. The summed E-state index contributed by atoms with van der Waals surface area (Å²) in [5.41, 5.74) is 5.40. The first-order chi connectivity index (χ1) is 33.5. The van der Waals surface area contributed by atoms with Gasteiger partial charge in [0.25, 0.3) is 0 Å². The number of phenolic OH excluding ortho intramolecular Hbond substituents is 1. The normalized spacial score (nSPS) is 26.9. The molecule has 4 aliphatic rings. The van der Waals surface area contributed by atoms with E-state index in [1.54, 1.807) is 36.4 Å². The number of aromatic hydroxyl groups is 1. The summed E-state index contributed by atoms with van der Waals surface area (Å²) in [6.45, 7) is 2.42. The highest BCUT2D eigenvalue weighted by Gasteiger charge is 2.46. The second-order valence-electron chi connectivity index (χ2n) is 18.8. The van der Waals surface area contributed by atoms with Crippen LogP contribution in [0.3, 0.4) is 0 Å². The van der Waals surface area contributed by atoms with Crippen molar-refractivity contribution >= 4 is 36.0 Å². The van der Waals surface area contributed by atoms with Gasteiger partial charge < -0.3 is 61.0 Å². The van der Waals surface area contributed by atoms with Crippen molar-refractivity contribution in [2.24, 2.45) is 11.7 Å². The first kappa shape index (κ1) is 50.3. The lowest BCUT2D eigenvalue weighted by atomic mass is 9.75. The van der Waals surface area contributed by atoms with E-state index in [4.69, 9.17) is 19.9 Å². The number of nitrogens with two attached hydrogens (primary N) is 1. The zero-order valence-electron chi connectivity index (χ0n) is 39.1. The molecule has 0 aromatic heterocycles. The Bertz CT molecular complexity index is 2830. The molecular weight excluding hydrogens is 901 g/mol. The Morgan fingerprint density at radius 3 is 2.44 bits per heavy atom. The Morgan fingerprint density at radius 2 is 1.71 bits per heavy atom. The van der Waals surface area contributed by atoms with Gasteiger partial charge in [-0.25, -0.2) is 0 Å². The van der Waals surface area contributed by atoms with Crippen LogP contribution in [0, 0.1) is 17.8 Å². The molecule has 10 N–H and O–H groups in total. The molecule has 1 saturated heterocycles. The van der Waals surface area contributed by atoms with Crippen LogP contribution in [0.2, 0.25) is 0 Å². The molecule has 3 aliphatic carbocycles. The van der Waals surface area contributed by atoms with Gasteiger partial charge in [-0.1, -0.05) is 60.4 Å². The first-order valence-electron chi connectivity index (χ1n) is 23.5. The second kappa shape index (κ2) is 20.7. The van der Waals surface area contributed by atoms with Crippen molar-refractivity contribution in [3.8, 4) is 29.1 Å². The van der Waals surface area contributed by atoms with Crippen LogP contribution in [0.15, 0.2) is 48.5 Å². The molecule has 0 unspecified atom stereocenters. The van der Waals surface area contributed by atoms with Crippen LogP contribution in [-0.2, 0) is 41.0 Å². The molecule has 368 valence electrons. The summed E-state index contributed by atoms with van der Waals surface area (Å²) in [6.07, 6.45) is -3.74. The molecule has 1 aliphatic heterocycles. The number of rotatable bonds is 10. The fourth-order valence-corrected chi connectivity index (χ4v) is 10.4. The van der Waals surface area contributed by atoms with E-state index in [1.807, 2.05) is 19.2 Å². The van der Waals surface area contributed by atoms with E-state index >= 15 is 9.59 Å².